The third-order valence-corrected chi connectivity index (χ3v) is 4.57. The molecule has 1 aliphatic rings. The largest absolute Gasteiger partial charge is 0.484 e. The second-order valence-electron chi connectivity index (χ2n) is 6.50. The van der Waals surface area contributed by atoms with Crippen molar-refractivity contribution in [2.24, 2.45) is 0 Å². The van der Waals surface area contributed by atoms with Gasteiger partial charge in [-0.25, -0.2) is 15.0 Å². The highest BCUT2D eigenvalue weighted by Crippen LogP contribution is 2.37. The maximum Gasteiger partial charge on any atom is 0.258 e. The molecule has 0 spiro atoms. The van der Waals surface area contributed by atoms with Gasteiger partial charge >= 0.3 is 0 Å². The summed E-state index contributed by atoms with van der Waals surface area (Å²) in [4.78, 5) is 24.6. The average molecular weight is 404 g/mol. The van der Waals surface area contributed by atoms with Gasteiger partial charge in [-0.3, -0.25) is 9.20 Å². The molecule has 0 fully saturated rings. The van der Waals surface area contributed by atoms with Crippen LogP contribution in [-0.2, 0) is 0 Å². The summed E-state index contributed by atoms with van der Waals surface area (Å²) in [6, 6.07) is 10.2. The van der Waals surface area contributed by atoms with Crippen molar-refractivity contribution >= 4 is 5.65 Å². The lowest BCUT2D eigenvalue weighted by atomic mass is 10.1. The molecule has 4 aromatic heterocycles. The van der Waals surface area contributed by atoms with Gasteiger partial charge in [-0.05, 0) is 18.2 Å². The predicted octanol–water partition coefficient (Wildman–Crippen LogP) is 2.80. The Hall–Kier alpha value is -4.14. The first kappa shape index (κ1) is 17.9. The van der Waals surface area contributed by atoms with Crippen LogP contribution >= 0.6 is 0 Å². The summed E-state index contributed by atoms with van der Waals surface area (Å²) in [6.45, 7) is 0.309. The quantitative estimate of drug-likeness (QED) is 0.512. The number of methoxy groups -OCH3 is 1. The number of ether oxygens (including phenoxy) is 4. The van der Waals surface area contributed by atoms with E-state index in [1.165, 1.54) is 22.9 Å². The topological polar surface area (TPSA) is 97.1 Å². The first-order valence-corrected chi connectivity index (χ1v) is 9.14. The van der Waals surface area contributed by atoms with Crippen molar-refractivity contribution in [3.63, 3.8) is 0 Å². The molecule has 30 heavy (non-hydrogen) atoms. The first-order chi connectivity index (χ1) is 14.7. The fourth-order valence-electron chi connectivity index (χ4n) is 3.07. The van der Waals surface area contributed by atoms with E-state index in [2.05, 4.69) is 15.0 Å². The monoisotopic (exact) mass is 404 g/mol. The standard InChI is InChI=1S/C21H16N4O5/c1-27-19-5-2-13(9-23-19)17-12-28-16-8-15(10-24-21(16)30-17)29-14-3-4-18-22-7-6-20(26)25(18)11-14/h2-11,17H,12H2,1H3/t17-/m1/s1. The summed E-state index contributed by atoms with van der Waals surface area (Å²) in [7, 11) is 1.56. The van der Waals surface area contributed by atoms with E-state index < -0.39 is 0 Å². The highest BCUT2D eigenvalue weighted by molar-refractivity contribution is 5.45. The van der Waals surface area contributed by atoms with Gasteiger partial charge in [0.05, 0.1) is 19.5 Å². The van der Waals surface area contributed by atoms with E-state index in [0.29, 0.717) is 41.3 Å². The molecule has 5 heterocycles. The third kappa shape index (κ3) is 3.37. The zero-order valence-corrected chi connectivity index (χ0v) is 15.9. The minimum atomic E-state index is -0.324. The molecule has 150 valence electrons. The van der Waals surface area contributed by atoms with Crippen molar-refractivity contribution in [3.8, 4) is 29.0 Å². The zero-order chi connectivity index (χ0) is 20.5. The van der Waals surface area contributed by atoms with Crippen molar-refractivity contribution < 1.29 is 18.9 Å². The van der Waals surface area contributed by atoms with Gasteiger partial charge in [0.25, 0.3) is 11.4 Å². The van der Waals surface area contributed by atoms with Crippen LogP contribution in [0.2, 0.25) is 0 Å². The van der Waals surface area contributed by atoms with E-state index in [1.807, 2.05) is 6.07 Å². The Balaban J connectivity index is 1.35. The predicted molar refractivity (Wildman–Crippen MR) is 105 cm³/mol. The molecule has 0 aromatic carbocycles. The van der Waals surface area contributed by atoms with Crippen LogP contribution in [0.5, 0.6) is 29.0 Å². The molecule has 5 rings (SSSR count). The van der Waals surface area contributed by atoms with Crippen molar-refractivity contribution in [2.75, 3.05) is 13.7 Å². The summed E-state index contributed by atoms with van der Waals surface area (Å²) in [5.74, 6) is 2.30. The van der Waals surface area contributed by atoms with Gasteiger partial charge in [0.15, 0.2) is 11.9 Å². The van der Waals surface area contributed by atoms with E-state index in [-0.39, 0.29) is 11.7 Å². The Bertz CT molecular complexity index is 1270. The fourth-order valence-corrected chi connectivity index (χ4v) is 3.07. The number of aromatic nitrogens is 4. The molecular weight excluding hydrogens is 388 g/mol. The van der Waals surface area contributed by atoms with Gasteiger partial charge in [-0.15, -0.1) is 0 Å². The lowest BCUT2D eigenvalue weighted by Gasteiger charge is -2.25. The average Bonchev–Trinajstić information content (AvgIpc) is 2.79. The molecule has 0 amide bonds. The van der Waals surface area contributed by atoms with Gasteiger partial charge in [-0.2, -0.15) is 0 Å². The van der Waals surface area contributed by atoms with Gasteiger partial charge < -0.3 is 18.9 Å². The molecule has 0 bridgehead atoms. The van der Waals surface area contributed by atoms with E-state index in [4.69, 9.17) is 18.9 Å². The van der Waals surface area contributed by atoms with Crippen LogP contribution in [0.25, 0.3) is 5.65 Å². The Kier molecular flexibility index (Phi) is 4.40. The van der Waals surface area contributed by atoms with Crippen LogP contribution in [0.1, 0.15) is 11.7 Å². The van der Waals surface area contributed by atoms with E-state index in [0.717, 1.165) is 5.56 Å². The molecule has 0 saturated heterocycles. The molecular formula is C21H16N4O5. The summed E-state index contributed by atoms with van der Waals surface area (Å²) in [6.07, 6.45) is 5.95. The molecule has 0 unspecified atom stereocenters. The Morgan fingerprint density at radius 2 is 2.00 bits per heavy atom. The number of hydrogen-bond donors (Lipinski definition) is 0. The number of fused-ring (bicyclic) bond motifs is 2. The molecule has 9 heteroatoms. The van der Waals surface area contributed by atoms with Crippen LogP contribution in [-0.4, -0.2) is 33.1 Å². The molecule has 0 radical (unpaired) electrons. The second-order valence-corrected chi connectivity index (χ2v) is 6.50. The van der Waals surface area contributed by atoms with E-state index in [1.54, 1.807) is 43.8 Å². The van der Waals surface area contributed by atoms with Crippen LogP contribution in [0.3, 0.4) is 0 Å². The lowest BCUT2D eigenvalue weighted by molar-refractivity contribution is 0.0844. The molecule has 1 atom stereocenters. The first-order valence-electron chi connectivity index (χ1n) is 9.14. The molecule has 0 N–H and O–H groups in total. The Labute approximate surface area is 170 Å². The number of nitrogens with zero attached hydrogens (tertiary/aromatic N) is 4. The maximum atomic E-state index is 12.0. The summed E-state index contributed by atoms with van der Waals surface area (Å²) in [5, 5.41) is 0. The highest BCUT2D eigenvalue weighted by Gasteiger charge is 2.25. The van der Waals surface area contributed by atoms with Gasteiger partial charge in [0.2, 0.25) is 5.88 Å². The van der Waals surface area contributed by atoms with Crippen molar-refractivity contribution in [2.45, 2.75) is 6.10 Å². The maximum absolute atomic E-state index is 12.0. The molecule has 9 nitrogen and oxygen atoms in total. The van der Waals surface area contributed by atoms with Crippen molar-refractivity contribution in [1.82, 2.24) is 19.4 Å². The molecule has 0 saturated carbocycles. The summed E-state index contributed by atoms with van der Waals surface area (Å²) >= 11 is 0. The molecule has 0 aliphatic carbocycles. The summed E-state index contributed by atoms with van der Waals surface area (Å²) in [5.41, 5.74) is 1.21. The second kappa shape index (κ2) is 7.36. The minimum absolute atomic E-state index is 0.190. The van der Waals surface area contributed by atoms with Crippen LogP contribution in [0, 0.1) is 0 Å². The van der Waals surface area contributed by atoms with Gasteiger partial charge in [-0.1, -0.05) is 0 Å². The number of hydrogen-bond acceptors (Lipinski definition) is 8. The van der Waals surface area contributed by atoms with Gasteiger partial charge in [0, 0.05) is 36.2 Å². The Morgan fingerprint density at radius 3 is 2.83 bits per heavy atom. The molecule has 4 aromatic rings. The van der Waals surface area contributed by atoms with Crippen LogP contribution < -0.4 is 24.5 Å². The number of rotatable bonds is 4. The third-order valence-electron chi connectivity index (χ3n) is 4.57. The van der Waals surface area contributed by atoms with Crippen molar-refractivity contribution in [3.05, 3.63) is 77.1 Å². The highest BCUT2D eigenvalue weighted by atomic mass is 16.6. The van der Waals surface area contributed by atoms with Gasteiger partial charge in [0.1, 0.15) is 23.8 Å². The molecule has 1 aliphatic heterocycles. The summed E-state index contributed by atoms with van der Waals surface area (Å²) < 4.78 is 24.1. The fraction of sp³-hybridized carbons (Fsp3) is 0.143. The normalized spacial score (nSPS) is 15.0. The van der Waals surface area contributed by atoms with Crippen LogP contribution in [0.15, 0.2) is 66.0 Å². The SMILES string of the molecule is COc1ccc([C@H]2COc3cc(Oc4ccc5nccc(=O)n5c4)cnc3O2)cn1. The van der Waals surface area contributed by atoms with Crippen LogP contribution in [0.4, 0.5) is 0 Å². The lowest BCUT2D eigenvalue weighted by Crippen LogP contribution is -2.22. The van der Waals surface area contributed by atoms with E-state index >= 15 is 0 Å². The van der Waals surface area contributed by atoms with Crippen molar-refractivity contribution in [1.29, 1.82) is 0 Å². The smallest absolute Gasteiger partial charge is 0.258 e. The van der Waals surface area contributed by atoms with E-state index in [9.17, 15) is 4.79 Å². The minimum Gasteiger partial charge on any atom is -0.484 e. The zero-order valence-electron chi connectivity index (χ0n) is 15.9. The number of pyridine rings is 3. The Morgan fingerprint density at radius 1 is 1.07 bits per heavy atom.